The van der Waals surface area contributed by atoms with Gasteiger partial charge in [0.2, 0.25) is 5.91 Å². The normalized spacial score (nSPS) is 35.2. The SMILES string of the molecule is O=C(COCC=C1C[C@H]2C[C@@H](O)[C@H](/C=C/[C@H](O)C3CCCC3)[C@H]2C1)N1CCCC1. The first-order valence-electron chi connectivity index (χ1n) is 11.7. The quantitative estimate of drug-likeness (QED) is 0.506. The summed E-state index contributed by atoms with van der Waals surface area (Å²) in [7, 11) is 0. The number of rotatable bonds is 7. The Hall–Kier alpha value is -1.17. The van der Waals surface area contributed by atoms with E-state index in [-0.39, 0.29) is 30.6 Å². The number of likely N-dealkylation sites (tertiary alicyclic amines) is 1. The maximum atomic E-state index is 12.0. The molecule has 0 unspecified atom stereocenters. The maximum Gasteiger partial charge on any atom is 0.248 e. The van der Waals surface area contributed by atoms with Crippen LogP contribution in [0.5, 0.6) is 0 Å². The number of hydrogen-bond acceptors (Lipinski definition) is 4. The van der Waals surface area contributed by atoms with Crippen LogP contribution in [0.3, 0.4) is 0 Å². The molecule has 4 rings (SSSR count). The Kier molecular flexibility index (Phi) is 7.09. The topological polar surface area (TPSA) is 70.0 Å². The molecular formula is C24H37NO4. The van der Waals surface area contributed by atoms with Gasteiger partial charge in [-0.2, -0.15) is 0 Å². The smallest absolute Gasteiger partial charge is 0.248 e. The highest BCUT2D eigenvalue weighted by Crippen LogP contribution is 2.50. The zero-order valence-corrected chi connectivity index (χ0v) is 17.5. The lowest BCUT2D eigenvalue weighted by Crippen LogP contribution is -2.31. The Morgan fingerprint density at radius 2 is 1.93 bits per heavy atom. The lowest BCUT2D eigenvalue weighted by atomic mass is 9.89. The number of fused-ring (bicyclic) bond motifs is 1. The summed E-state index contributed by atoms with van der Waals surface area (Å²) in [5, 5.41) is 20.9. The van der Waals surface area contributed by atoms with Gasteiger partial charge in [-0.05, 0) is 62.7 Å². The first-order valence-corrected chi connectivity index (χ1v) is 11.7. The van der Waals surface area contributed by atoms with E-state index >= 15 is 0 Å². The highest BCUT2D eigenvalue weighted by Gasteiger charge is 2.45. The fraction of sp³-hybridized carbons (Fsp3) is 0.792. The van der Waals surface area contributed by atoms with Crippen LogP contribution >= 0.6 is 0 Å². The number of carbonyl (C=O) groups excluding carboxylic acids is 1. The molecule has 1 amide bonds. The molecule has 1 aliphatic heterocycles. The number of carbonyl (C=O) groups is 1. The van der Waals surface area contributed by atoms with Crippen molar-refractivity contribution in [3.8, 4) is 0 Å². The van der Waals surface area contributed by atoms with Gasteiger partial charge in [0, 0.05) is 19.0 Å². The molecule has 0 aromatic heterocycles. The number of amides is 1. The van der Waals surface area contributed by atoms with Crippen molar-refractivity contribution in [2.24, 2.45) is 23.7 Å². The van der Waals surface area contributed by atoms with Gasteiger partial charge in [-0.25, -0.2) is 0 Å². The summed E-state index contributed by atoms with van der Waals surface area (Å²) in [4.78, 5) is 13.9. The number of allylic oxidation sites excluding steroid dienone is 1. The van der Waals surface area contributed by atoms with Gasteiger partial charge >= 0.3 is 0 Å². The summed E-state index contributed by atoms with van der Waals surface area (Å²) in [6, 6.07) is 0. The largest absolute Gasteiger partial charge is 0.392 e. The molecule has 0 bridgehead atoms. The Balaban J connectivity index is 1.24. The number of aliphatic hydroxyl groups excluding tert-OH is 2. The molecule has 0 radical (unpaired) electrons. The molecule has 0 aromatic carbocycles. The molecule has 4 aliphatic rings. The van der Waals surface area contributed by atoms with Gasteiger partial charge < -0.3 is 19.8 Å². The monoisotopic (exact) mass is 403 g/mol. The minimum absolute atomic E-state index is 0.110. The molecule has 0 aromatic rings. The van der Waals surface area contributed by atoms with Gasteiger partial charge in [0.05, 0.1) is 18.8 Å². The lowest BCUT2D eigenvalue weighted by molar-refractivity contribution is -0.134. The predicted octanol–water partition coefficient (Wildman–Crippen LogP) is 3.07. The van der Waals surface area contributed by atoms with Crippen LogP contribution in [-0.2, 0) is 9.53 Å². The second-order valence-corrected chi connectivity index (χ2v) is 9.60. The molecule has 29 heavy (non-hydrogen) atoms. The molecule has 4 fully saturated rings. The maximum absolute atomic E-state index is 12.0. The molecule has 3 aliphatic carbocycles. The van der Waals surface area contributed by atoms with Crippen molar-refractivity contribution in [1.29, 1.82) is 0 Å². The Morgan fingerprint density at radius 3 is 2.69 bits per heavy atom. The van der Waals surface area contributed by atoms with Crippen LogP contribution in [0.25, 0.3) is 0 Å². The summed E-state index contributed by atoms with van der Waals surface area (Å²) in [6.07, 6.45) is 15.4. The molecule has 0 spiro atoms. The van der Waals surface area contributed by atoms with Gasteiger partial charge in [-0.1, -0.05) is 36.6 Å². The summed E-state index contributed by atoms with van der Waals surface area (Å²) in [5.41, 5.74) is 1.40. The number of ether oxygens (including phenoxy) is 1. The average molecular weight is 404 g/mol. The van der Waals surface area contributed by atoms with E-state index in [1.165, 1.54) is 18.4 Å². The van der Waals surface area contributed by atoms with Crippen LogP contribution in [0.15, 0.2) is 23.8 Å². The fourth-order valence-electron chi connectivity index (χ4n) is 6.02. The van der Waals surface area contributed by atoms with Gasteiger partial charge in [-0.15, -0.1) is 0 Å². The number of aliphatic hydroxyl groups is 2. The summed E-state index contributed by atoms with van der Waals surface area (Å²) < 4.78 is 5.61. The molecule has 2 N–H and O–H groups in total. The minimum Gasteiger partial charge on any atom is -0.392 e. The van der Waals surface area contributed by atoms with Crippen LogP contribution in [-0.4, -0.2) is 59.5 Å². The summed E-state index contributed by atoms with van der Waals surface area (Å²) in [6.45, 7) is 2.43. The number of nitrogens with zero attached hydrogens (tertiary/aromatic N) is 1. The van der Waals surface area contributed by atoms with Crippen molar-refractivity contribution < 1.29 is 19.7 Å². The van der Waals surface area contributed by atoms with Gasteiger partial charge in [-0.3, -0.25) is 4.79 Å². The first-order chi connectivity index (χ1) is 14.1. The third-order valence-corrected chi connectivity index (χ3v) is 7.70. The van der Waals surface area contributed by atoms with E-state index in [1.54, 1.807) is 0 Å². The van der Waals surface area contributed by atoms with Crippen LogP contribution < -0.4 is 0 Å². The molecule has 3 saturated carbocycles. The average Bonchev–Trinajstić information content (AvgIpc) is 3.49. The third-order valence-electron chi connectivity index (χ3n) is 7.70. The van der Waals surface area contributed by atoms with E-state index in [0.29, 0.717) is 24.4 Å². The van der Waals surface area contributed by atoms with Gasteiger partial charge in [0.1, 0.15) is 6.61 Å². The lowest BCUT2D eigenvalue weighted by Gasteiger charge is -2.19. The van der Waals surface area contributed by atoms with Gasteiger partial charge in [0.25, 0.3) is 0 Å². The van der Waals surface area contributed by atoms with Crippen molar-refractivity contribution in [2.45, 2.75) is 70.0 Å². The van der Waals surface area contributed by atoms with Crippen LogP contribution in [0, 0.1) is 23.7 Å². The van der Waals surface area contributed by atoms with E-state index in [0.717, 1.165) is 58.0 Å². The van der Waals surface area contributed by atoms with Crippen LogP contribution in [0.1, 0.15) is 57.8 Å². The van der Waals surface area contributed by atoms with E-state index in [9.17, 15) is 15.0 Å². The zero-order chi connectivity index (χ0) is 20.2. The second-order valence-electron chi connectivity index (χ2n) is 9.60. The molecule has 1 saturated heterocycles. The first kappa shape index (κ1) is 21.1. The highest BCUT2D eigenvalue weighted by molar-refractivity contribution is 5.77. The van der Waals surface area contributed by atoms with Crippen molar-refractivity contribution in [3.05, 3.63) is 23.8 Å². The van der Waals surface area contributed by atoms with Crippen molar-refractivity contribution in [3.63, 3.8) is 0 Å². The van der Waals surface area contributed by atoms with E-state index < -0.39 is 0 Å². The second kappa shape index (κ2) is 9.76. The zero-order valence-electron chi connectivity index (χ0n) is 17.5. The Bertz CT molecular complexity index is 618. The summed E-state index contributed by atoms with van der Waals surface area (Å²) in [5.74, 6) is 1.66. The molecule has 162 valence electrons. The summed E-state index contributed by atoms with van der Waals surface area (Å²) >= 11 is 0. The van der Waals surface area contributed by atoms with Crippen molar-refractivity contribution in [2.75, 3.05) is 26.3 Å². The van der Waals surface area contributed by atoms with Crippen LogP contribution in [0.2, 0.25) is 0 Å². The van der Waals surface area contributed by atoms with E-state index in [4.69, 9.17) is 4.74 Å². The molecular weight excluding hydrogens is 366 g/mol. The number of hydrogen-bond donors (Lipinski definition) is 2. The predicted molar refractivity (Wildman–Crippen MR) is 112 cm³/mol. The third kappa shape index (κ3) is 5.12. The minimum atomic E-state index is -0.360. The van der Waals surface area contributed by atoms with Crippen molar-refractivity contribution >= 4 is 5.91 Å². The standard InChI is InChI=1S/C24H37NO4/c26-22(18-5-1-2-6-18)8-7-20-21-14-17(13-19(21)15-23(20)27)9-12-29-16-24(28)25-10-3-4-11-25/h7-9,18-23,26-27H,1-6,10-16H2/b8-7+,17-9?/t19-,20+,21-,22-,23+/m0/s1. The van der Waals surface area contributed by atoms with E-state index in [2.05, 4.69) is 12.2 Å². The highest BCUT2D eigenvalue weighted by atomic mass is 16.5. The van der Waals surface area contributed by atoms with E-state index in [1.807, 2.05) is 11.0 Å². The van der Waals surface area contributed by atoms with Crippen LogP contribution in [0.4, 0.5) is 0 Å². The fourth-order valence-corrected chi connectivity index (χ4v) is 6.02. The Morgan fingerprint density at radius 1 is 1.17 bits per heavy atom. The molecule has 5 heteroatoms. The molecule has 1 heterocycles. The van der Waals surface area contributed by atoms with Crippen molar-refractivity contribution in [1.82, 2.24) is 4.90 Å². The molecule has 5 atom stereocenters. The Labute approximate surface area is 174 Å². The molecule has 5 nitrogen and oxygen atoms in total. The van der Waals surface area contributed by atoms with Gasteiger partial charge in [0.15, 0.2) is 0 Å².